The number of H-pyrrole nitrogens is 1. The average Bonchev–Trinajstić information content (AvgIpc) is 1.62. The molecule has 29 nitrogen and oxygen atoms in total. The molecule has 4 heterocycles. The van der Waals surface area contributed by atoms with Gasteiger partial charge in [0.2, 0.25) is 11.6 Å². The number of allylic oxidation sites excluding steroid dienone is 7. The predicted octanol–water partition coefficient (Wildman–Crippen LogP) is 4.96. The maximum Gasteiger partial charge on any atom is 0.490 e. The number of hydrogen-bond donors (Lipinski definition) is 8. The highest BCUT2D eigenvalue weighted by Gasteiger charge is 2.46. The molecule has 9 N–H and O–H groups in total. The lowest BCUT2D eigenvalue weighted by Gasteiger charge is -2.25. The number of benzene rings is 3. The summed E-state index contributed by atoms with van der Waals surface area (Å²) in [6, 6.07) is 17.1. The Labute approximate surface area is 501 Å². The van der Waals surface area contributed by atoms with E-state index in [1.54, 1.807) is 42.5 Å². The first-order valence-corrected chi connectivity index (χ1v) is 32.8. The second kappa shape index (κ2) is 28.5. The quantitative estimate of drug-likeness (QED) is 0.00393. The Morgan fingerprint density at radius 2 is 1.70 bits per heavy atom. The van der Waals surface area contributed by atoms with Crippen LogP contribution in [0.2, 0.25) is 0 Å². The zero-order valence-corrected chi connectivity index (χ0v) is 51.3. The molecule has 1 fully saturated rings. The van der Waals surface area contributed by atoms with Crippen molar-refractivity contribution in [3.63, 3.8) is 0 Å². The summed E-state index contributed by atoms with van der Waals surface area (Å²) in [7, 11) is -21.5. The number of ether oxygens (including phenoxy) is 2. The summed E-state index contributed by atoms with van der Waals surface area (Å²) in [6.45, 7) is 9.99. The summed E-state index contributed by atoms with van der Waals surface area (Å²) in [4.78, 5) is 97.0. The molecule has 3 aromatic carbocycles. The zero-order chi connectivity index (χ0) is 63.7. The van der Waals surface area contributed by atoms with Gasteiger partial charge in [-0.25, -0.2) is 29.2 Å². The molecule has 0 aliphatic carbocycles. The first kappa shape index (κ1) is 68.2. The number of amides is 1. The van der Waals surface area contributed by atoms with Crippen LogP contribution in [0.5, 0.6) is 0 Å². The number of rotatable bonds is 26. The largest absolute Gasteiger partial charge is 0.691 e. The SMILES string of the molecule is CCN1/C(=C/C=C/C=C/C2=[N+](Cc3ccc(C(=O)OC/C=C/CCC(=O)NCC#Cc4cn([C@H]5C[C@@H](ON)[C@@H](COP(=O)(O)OP(=O)(O)OP(=O)(O)O)O5)c(=O)[nH]c4=O)cc3)c3ccc(S(=O)(=O)O)cc3C2(C)C)C(C)(C)c2cc(SOO[O-])ccc21. The summed E-state index contributed by atoms with van der Waals surface area (Å²) in [5.41, 5.74) is 3.26. The smallest absolute Gasteiger partial charge is 0.490 e. The van der Waals surface area contributed by atoms with E-state index in [0.717, 1.165) is 56.7 Å². The minimum absolute atomic E-state index is 0.0170. The highest BCUT2D eigenvalue weighted by atomic mass is 32.2. The number of aromatic amines is 1. The van der Waals surface area contributed by atoms with E-state index in [9.17, 15) is 60.9 Å². The molecule has 1 amide bonds. The average molecular weight is 1310 g/mol. The van der Waals surface area contributed by atoms with Crippen LogP contribution in [0, 0.1) is 11.8 Å². The lowest BCUT2D eigenvalue weighted by molar-refractivity contribution is -0.777. The van der Waals surface area contributed by atoms with Crippen LogP contribution in [0.25, 0.3) is 0 Å². The zero-order valence-electron chi connectivity index (χ0n) is 46.9. The standard InChI is InChI=1S/C53H61N6O23P3S2/c1-6-57-41-24-22-37(86-80-79-64)28-39(41)52(2,3)45(57)15-9-7-10-16-46-53(4,5)40-29-38(87(72,73)74)23-25-42(40)58(46)31-34-18-20-35(21-19-34)50(62)75-27-12-8-11-17-47(60)55-26-13-14-36-32-59(51(63)56-49(36)61)48-30-43(78-54)44(77-48)33-76-84(68,69)82-85(70,71)81-83(65,66)67/h7-10,12,15-16,18-25,28-29,32,43-44,48H,6,11,17,26-27,30-31,33,54H2,1-5H3,(H7-,55,56,60,61,63,64,65,66,67,68,69,70,71,72,73,74)/b12-8+/t43-,44-,48-/m1/s1. The van der Waals surface area contributed by atoms with Crippen molar-refractivity contribution in [2.24, 2.45) is 5.90 Å². The van der Waals surface area contributed by atoms with Crippen LogP contribution in [-0.2, 0) is 82.8 Å². The summed E-state index contributed by atoms with van der Waals surface area (Å²) < 4.78 is 99.7. The van der Waals surface area contributed by atoms with E-state index in [1.165, 1.54) is 12.1 Å². The summed E-state index contributed by atoms with van der Waals surface area (Å²) in [5.74, 6) is 9.42. The number of fused-ring (bicyclic) bond motifs is 2. The van der Waals surface area contributed by atoms with Gasteiger partial charge in [0.25, 0.3) is 15.7 Å². The number of aromatic nitrogens is 2. The fourth-order valence-corrected chi connectivity index (χ4v) is 13.7. The Morgan fingerprint density at radius 3 is 2.38 bits per heavy atom. The Balaban J connectivity index is 0.906. The third kappa shape index (κ3) is 17.5. The summed E-state index contributed by atoms with van der Waals surface area (Å²) in [5, 5.41) is 16.6. The molecule has 0 bridgehead atoms. The van der Waals surface area contributed by atoms with Gasteiger partial charge in [-0.05, 0) is 81.3 Å². The van der Waals surface area contributed by atoms with Crippen LogP contribution in [0.1, 0.15) is 92.7 Å². The molecule has 4 aromatic rings. The van der Waals surface area contributed by atoms with Crippen molar-refractivity contribution in [1.82, 2.24) is 14.9 Å². The van der Waals surface area contributed by atoms with Crippen molar-refractivity contribution < 1.29 is 102 Å². The van der Waals surface area contributed by atoms with Gasteiger partial charge in [0.05, 0.1) is 41.1 Å². The number of nitrogens with two attached hydrogens (primary N) is 1. The van der Waals surface area contributed by atoms with E-state index in [0.29, 0.717) is 23.5 Å². The summed E-state index contributed by atoms with van der Waals surface area (Å²) >= 11 is 0.833. The molecule has 34 heteroatoms. The first-order chi connectivity index (χ1) is 40.9. The molecule has 0 spiro atoms. The van der Waals surface area contributed by atoms with Gasteiger partial charge in [0, 0.05) is 70.5 Å². The number of esters is 1. The van der Waals surface area contributed by atoms with Gasteiger partial charge in [-0.15, -0.1) is 0 Å². The third-order valence-corrected chi connectivity index (χ3v) is 19.0. The van der Waals surface area contributed by atoms with E-state index in [-0.39, 0.29) is 48.4 Å². The fraction of sp³-hybridized carbons (Fsp3) is 0.340. The lowest BCUT2D eigenvalue weighted by atomic mass is 9.81. The number of phosphoric acid groups is 3. The number of hydrogen-bond acceptors (Lipinski definition) is 21. The Bertz CT molecular complexity index is 3880. The van der Waals surface area contributed by atoms with Crippen LogP contribution in [0.15, 0.2) is 134 Å². The minimum Gasteiger partial charge on any atom is -0.691 e. The number of nitrogens with zero attached hydrogens (tertiary/aromatic N) is 3. The Kier molecular flexibility index (Phi) is 22.3. The lowest BCUT2D eigenvalue weighted by Crippen LogP contribution is -2.34. The maximum absolute atomic E-state index is 13.0. The molecule has 3 aliphatic heterocycles. The molecular formula is C53H61N6O23P3S2. The van der Waals surface area contributed by atoms with E-state index in [1.807, 2.05) is 67.0 Å². The van der Waals surface area contributed by atoms with Crippen molar-refractivity contribution in [2.75, 3.05) is 31.2 Å². The maximum atomic E-state index is 13.0. The second-order valence-corrected chi connectivity index (χ2v) is 26.9. The van der Waals surface area contributed by atoms with Crippen molar-refractivity contribution in [3.8, 4) is 11.8 Å². The highest BCUT2D eigenvalue weighted by molar-refractivity contribution is 7.94. The Hall–Kier alpha value is -6.30. The molecule has 0 saturated carbocycles. The number of likely N-dealkylation sites (N-methyl/N-ethyl adjacent to an activating group) is 1. The molecule has 87 heavy (non-hydrogen) atoms. The fourth-order valence-electron chi connectivity index (χ4n) is 9.77. The number of phosphoric ester groups is 1. The number of nitrogens with one attached hydrogen (secondary N) is 2. The van der Waals surface area contributed by atoms with Gasteiger partial charge >= 0.3 is 35.1 Å². The first-order valence-electron chi connectivity index (χ1n) is 26.1. The van der Waals surface area contributed by atoms with Gasteiger partial charge in [-0.2, -0.15) is 25.9 Å². The summed E-state index contributed by atoms with van der Waals surface area (Å²) in [6.07, 6.45) is 10.3. The molecule has 1 saturated heterocycles. The molecule has 0 radical (unpaired) electrons. The van der Waals surface area contributed by atoms with E-state index in [2.05, 4.69) is 70.3 Å². The van der Waals surface area contributed by atoms with Gasteiger partial charge in [0.15, 0.2) is 12.3 Å². The monoisotopic (exact) mass is 1310 g/mol. The van der Waals surface area contributed by atoms with Crippen LogP contribution in [0.4, 0.5) is 11.4 Å². The van der Waals surface area contributed by atoms with Gasteiger partial charge in [-0.1, -0.05) is 68.2 Å². The molecule has 2 unspecified atom stereocenters. The molecule has 1 aromatic heterocycles. The number of carbonyl (C=O) groups excluding carboxylic acids is 2. The topological polar surface area (TPSA) is 417 Å². The predicted molar refractivity (Wildman–Crippen MR) is 309 cm³/mol. The molecule has 468 valence electrons. The highest BCUT2D eigenvalue weighted by Crippen LogP contribution is 2.66. The third-order valence-electron chi connectivity index (χ3n) is 13.8. The number of anilines is 1. The Morgan fingerprint density at radius 1 is 0.966 bits per heavy atom. The van der Waals surface area contributed by atoms with Crippen molar-refractivity contribution in [3.05, 3.63) is 164 Å². The van der Waals surface area contributed by atoms with Crippen molar-refractivity contribution >= 4 is 74.6 Å². The van der Waals surface area contributed by atoms with E-state index >= 15 is 0 Å². The van der Waals surface area contributed by atoms with Crippen molar-refractivity contribution in [2.45, 2.75) is 99.5 Å². The van der Waals surface area contributed by atoms with Crippen LogP contribution < -0.4 is 32.6 Å². The van der Waals surface area contributed by atoms with Crippen LogP contribution >= 0.6 is 35.5 Å². The van der Waals surface area contributed by atoms with Crippen molar-refractivity contribution in [1.29, 1.82) is 0 Å². The van der Waals surface area contributed by atoms with Crippen LogP contribution in [-0.4, -0.2) is 103 Å². The molecule has 5 atom stereocenters. The van der Waals surface area contributed by atoms with Crippen LogP contribution in [0.3, 0.4) is 0 Å². The molecular weight excluding hydrogens is 1250 g/mol. The number of carbonyl (C=O) groups is 2. The van der Waals surface area contributed by atoms with Gasteiger partial charge in [-0.3, -0.25) is 38.1 Å². The minimum atomic E-state index is -5.81. The molecule has 7 rings (SSSR count). The second-order valence-electron chi connectivity index (χ2n) is 20.3. The van der Waals surface area contributed by atoms with E-state index < -0.39 is 92.6 Å². The normalized spacial score (nSPS) is 20.0. The molecule has 3 aliphatic rings. The van der Waals surface area contributed by atoms with Gasteiger partial charge < -0.3 is 44.5 Å². The van der Waals surface area contributed by atoms with Gasteiger partial charge in [0.1, 0.15) is 30.6 Å². The van der Waals surface area contributed by atoms with E-state index in [4.69, 9.17) is 30.0 Å².